The van der Waals surface area contributed by atoms with Crippen molar-refractivity contribution in [2.45, 2.75) is 18.7 Å². The fourth-order valence-electron chi connectivity index (χ4n) is 2.76. The first-order valence-corrected chi connectivity index (χ1v) is 12.0. The lowest BCUT2D eigenvalue weighted by Gasteiger charge is -2.19. The van der Waals surface area contributed by atoms with E-state index in [1.54, 1.807) is 21.0 Å². The van der Waals surface area contributed by atoms with Crippen LogP contribution >= 0.6 is 0 Å². The molecular formula is C23H28N4O5S. The van der Waals surface area contributed by atoms with Gasteiger partial charge in [0.05, 0.1) is 4.90 Å². The third-order valence-electron chi connectivity index (χ3n) is 4.79. The molecule has 2 rings (SSSR count). The Bertz CT molecular complexity index is 1200. The molecule has 0 saturated heterocycles. The van der Waals surface area contributed by atoms with Crippen LogP contribution in [0.4, 0.5) is 0 Å². The first kappa shape index (κ1) is 25.6. The van der Waals surface area contributed by atoms with E-state index in [4.69, 9.17) is 10.5 Å². The average Bonchev–Trinajstić information content (AvgIpc) is 2.77. The number of rotatable bonds is 8. The van der Waals surface area contributed by atoms with Crippen molar-refractivity contribution in [2.75, 3.05) is 26.9 Å². The molecule has 0 aromatic heterocycles. The van der Waals surface area contributed by atoms with Gasteiger partial charge in [-0.3, -0.25) is 9.59 Å². The number of carbonyl (C=O) groups excluding carboxylic acids is 2. The molecule has 0 bridgehead atoms. The van der Waals surface area contributed by atoms with Gasteiger partial charge in [0, 0.05) is 43.6 Å². The van der Waals surface area contributed by atoms with Gasteiger partial charge in [0.25, 0.3) is 11.8 Å². The minimum Gasteiger partial charge on any atom is -0.457 e. The van der Waals surface area contributed by atoms with Crippen LogP contribution in [-0.4, -0.2) is 57.9 Å². The van der Waals surface area contributed by atoms with E-state index in [-0.39, 0.29) is 33.5 Å². The fraction of sp³-hybridized carbons (Fsp3) is 0.261. The van der Waals surface area contributed by atoms with E-state index < -0.39 is 15.7 Å². The molecule has 9 nitrogen and oxygen atoms in total. The standard InChI is InChI=1S/C23H28N4O5S/c1-6-27(4)23(29)19-13-16(22(28)26-21(24)11-12-25-3)14-20(15(19)2)32-17-7-9-18(10-8-17)33(5,30)31/h7-14,25H,6H2,1-5H3,(H2,24,26,28)/b12-11-. The molecule has 0 aliphatic heterocycles. The highest BCUT2D eigenvalue weighted by Crippen LogP contribution is 2.30. The second-order valence-corrected chi connectivity index (χ2v) is 9.29. The molecule has 2 aromatic rings. The second-order valence-electron chi connectivity index (χ2n) is 7.28. The van der Waals surface area contributed by atoms with Crippen LogP contribution in [0.3, 0.4) is 0 Å². The maximum absolute atomic E-state index is 12.9. The van der Waals surface area contributed by atoms with E-state index in [0.717, 1.165) is 6.26 Å². The zero-order valence-electron chi connectivity index (χ0n) is 19.2. The Balaban J connectivity index is 2.54. The summed E-state index contributed by atoms with van der Waals surface area (Å²) in [5.41, 5.74) is 6.68. The molecule has 0 fully saturated rings. The molecule has 0 atom stereocenters. The zero-order valence-corrected chi connectivity index (χ0v) is 20.1. The van der Waals surface area contributed by atoms with Crippen molar-refractivity contribution in [1.29, 1.82) is 0 Å². The monoisotopic (exact) mass is 472 g/mol. The lowest BCUT2D eigenvalue weighted by Crippen LogP contribution is -2.27. The summed E-state index contributed by atoms with van der Waals surface area (Å²) in [6.45, 7) is 4.01. The molecule has 33 heavy (non-hydrogen) atoms. The minimum absolute atomic E-state index is 0.00712. The minimum atomic E-state index is -3.35. The molecule has 0 aliphatic rings. The summed E-state index contributed by atoms with van der Waals surface area (Å²) in [4.78, 5) is 31.1. The first-order chi connectivity index (χ1) is 15.5. The summed E-state index contributed by atoms with van der Waals surface area (Å²) in [5.74, 6) is -0.322. The number of nitrogens with two attached hydrogens (primary N) is 1. The number of benzene rings is 2. The van der Waals surface area contributed by atoms with E-state index in [1.807, 2.05) is 6.92 Å². The van der Waals surface area contributed by atoms with Gasteiger partial charge in [0.15, 0.2) is 9.84 Å². The molecule has 10 heteroatoms. The largest absolute Gasteiger partial charge is 0.457 e. The van der Waals surface area contributed by atoms with Crippen molar-refractivity contribution in [1.82, 2.24) is 10.2 Å². The van der Waals surface area contributed by atoms with Crippen LogP contribution in [0.25, 0.3) is 0 Å². The zero-order chi connectivity index (χ0) is 24.8. The number of carbonyl (C=O) groups is 2. The summed E-state index contributed by atoms with van der Waals surface area (Å²) >= 11 is 0. The molecule has 0 heterocycles. The highest BCUT2D eigenvalue weighted by atomic mass is 32.2. The van der Waals surface area contributed by atoms with Gasteiger partial charge in [-0.2, -0.15) is 4.99 Å². The van der Waals surface area contributed by atoms with Gasteiger partial charge >= 0.3 is 0 Å². The van der Waals surface area contributed by atoms with Crippen LogP contribution in [0.5, 0.6) is 11.5 Å². The Morgan fingerprint density at radius 3 is 2.39 bits per heavy atom. The van der Waals surface area contributed by atoms with Crippen molar-refractivity contribution in [2.24, 2.45) is 10.7 Å². The van der Waals surface area contributed by atoms with Gasteiger partial charge in [-0.25, -0.2) is 8.42 Å². The molecule has 2 amide bonds. The Labute approximate surface area is 193 Å². The van der Waals surface area contributed by atoms with Crippen LogP contribution < -0.4 is 15.8 Å². The maximum Gasteiger partial charge on any atom is 0.279 e. The number of nitrogens with one attached hydrogen (secondary N) is 1. The summed E-state index contributed by atoms with van der Waals surface area (Å²) in [6, 6.07) is 8.79. The number of hydrogen-bond acceptors (Lipinski definition) is 6. The number of hydrogen-bond donors (Lipinski definition) is 2. The molecule has 2 aromatic carbocycles. The third-order valence-corrected chi connectivity index (χ3v) is 5.92. The Morgan fingerprint density at radius 1 is 1.21 bits per heavy atom. The van der Waals surface area contributed by atoms with E-state index in [9.17, 15) is 18.0 Å². The number of amides is 2. The topological polar surface area (TPSA) is 131 Å². The van der Waals surface area contributed by atoms with E-state index in [1.165, 1.54) is 53.6 Å². The van der Waals surface area contributed by atoms with Crippen molar-refractivity contribution >= 4 is 27.5 Å². The van der Waals surface area contributed by atoms with Gasteiger partial charge in [-0.1, -0.05) is 0 Å². The Morgan fingerprint density at radius 2 is 1.85 bits per heavy atom. The molecular weight excluding hydrogens is 444 g/mol. The quantitative estimate of drug-likeness (QED) is 0.446. The van der Waals surface area contributed by atoms with Crippen LogP contribution in [0, 0.1) is 6.92 Å². The van der Waals surface area contributed by atoms with Crippen LogP contribution in [-0.2, 0) is 9.84 Å². The molecule has 0 unspecified atom stereocenters. The van der Waals surface area contributed by atoms with Crippen LogP contribution in [0.15, 0.2) is 58.6 Å². The number of ether oxygens (including phenoxy) is 1. The van der Waals surface area contributed by atoms with E-state index in [0.29, 0.717) is 17.9 Å². The molecule has 0 aliphatic carbocycles. The van der Waals surface area contributed by atoms with Crippen LogP contribution in [0.1, 0.15) is 33.2 Å². The highest BCUT2D eigenvalue weighted by Gasteiger charge is 2.20. The maximum atomic E-state index is 12.9. The Hall–Kier alpha value is -3.66. The molecule has 0 radical (unpaired) electrons. The number of sulfone groups is 1. The van der Waals surface area contributed by atoms with Crippen molar-refractivity contribution in [3.63, 3.8) is 0 Å². The predicted octanol–water partition coefficient (Wildman–Crippen LogP) is 2.51. The second kappa shape index (κ2) is 10.8. The van der Waals surface area contributed by atoms with Crippen LogP contribution in [0.2, 0.25) is 0 Å². The highest BCUT2D eigenvalue weighted by molar-refractivity contribution is 7.90. The average molecular weight is 473 g/mol. The van der Waals surface area contributed by atoms with Crippen molar-refractivity contribution in [3.05, 3.63) is 65.4 Å². The van der Waals surface area contributed by atoms with Crippen molar-refractivity contribution < 1.29 is 22.7 Å². The summed E-state index contributed by atoms with van der Waals surface area (Å²) < 4.78 is 29.3. The lowest BCUT2D eigenvalue weighted by atomic mass is 10.0. The normalized spacial score (nSPS) is 12.0. The smallest absolute Gasteiger partial charge is 0.279 e. The third kappa shape index (κ3) is 6.66. The number of amidine groups is 1. The molecule has 0 spiro atoms. The first-order valence-electron chi connectivity index (χ1n) is 10.1. The number of aliphatic imine (C=N–C) groups is 1. The van der Waals surface area contributed by atoms with E-state index in [2.05, 4.69) is 10.3 Å². The SMILES string of the molecule is CCN(C)C(=O)c1cc(C(=O)N=C(N)/C=C\NC)cc(Oc2ccc(S(C)(=O)=O)cc2)c1C. The van der Waals surface area contributed by atoms with Gasteiger partial charge in [-0.05, 0) is 62.5 Å². The lowest BCUT2D eigenvalue weighted by molar-refractivity contribution is 0.0801. The van der Waals surface area contributed by atoms with Gasteiger partial charge in [-0.15, -0.1) is 0 Å². The molecule has 0 saturated carbocycles. The van der Waals surface area contributed by atoms with Gasteiger partial charge in [0.2, 0.25) is 0 Å². The summed E-state index contributed by atoms with van der Waals surface area (Å²) in [7, 11) is -0.0218. The summed E-state index contributed by atoms with van der Waals surface area (Å²) in [5, 5.41) is 2.75. The summed E-state index contributed by atoms with van der Waals surface area (Å²) in [6.07, 6.45) is 4.08. The molecule has 176 valence electrons. The van der Waals surface area contributed by atoms with E-state index >= 15 is 0 Å². The fourth-order valence-corrected chi connectivity index (χ4v) is 3.39. The van der Waals surface area contributed by atoms with Crippen molar-refractivity contribution in [3.8, 4) is 11.5 Å². The predicted molar refractivity (Wildman–Crippen MR) is 128 cm³/mol. The number of nitrogens with zero attached hydrogens (tertiary/aromatic N) is 2. The van der Waals surface area contributed by atoms with Gasteiger partial charge < -0.3 is 20.7 Å². The van der Waals surface area contributed by atoms with Gasteiger partial charge in [0.1, 0.15) is 17.3 Å². The molecule has 3 N–H and O–H groups in total. The Kier molecular flexibility index (Phi) is 8.36.